The first-order valence-electron chi connectivity index (χ1n) is 8.99. The van der Waals surface area contributed by atoms with Crippen molar-refractivity contribution < 1.29 is 28.2 Å². The van der Waals surface area contributed by atoms with E-state index in [0.29, 0.717) is 5.56 Å². The van der Waals surface area contributed by atoms with Crippen molar-refractivity contribution in [1.29, 1.82) is 0 Å². The van der Waals surface area contributed by atoms with Gasteiger partial charge >= 0.3 is 18.0 Å². The van der Waals surface area contributed by atoms with Crippen LogP contribution in [-0.2, 0) is 21.9 Å². The third kappa shape index (κ3) is 6.15. The number of halogens is 3. The summed E-state index contributed by atoms with van der Waals surface area (Å²) in [6.07, 6.45) is -3.05. The first-order chi connectivity index (χ1) is 13.6. The minimum absolute atomic E-state index is 0.0116. The van der Waals surface area contributed by atoms with Gasteiger partial charge < -0.3 is 15.2 Å². The lowest BCUT2D eigenvalue weighted by atomic mass is 9.95. The van der Waals surface area contributed by atoms with Crippen LogP contribution < -0.4 is 5.32 Å². The number of alkyl halides is 2. The summed E-state index contributed by atoms with van der Waals surface area (Å²) in [7, 11) is 0. The molecule has 0 aromatic heterocycles. The van der Waals surface area contributed by atoms with Crippen LogP contribution in [-0.4, -0.2) is 29.3 Å². The maximum absolute atomic E-state index is 15.0. The summed E-state index contributed by atoms with van der Waals surface area (Å²) in [6, 6.07) is 12.4. The molecule has 0 fully saturated rings. The van der Waals surface area contributed by atoms with Crippen molar-refractivity contribution in [3.8, 4) is 0 Å². The largest absolute Gasteiger partial charge is 0.480 e. The van der Waals surface area contributed by atoms with E-state index >= 15 is 0 Å². The highest BCUT2D eigenvalue weighted by Crippen LogP contribution is 2.38. The summed E-state index contributed by atoms with van der Waals surface area (Å²) >= 11 is 5.80. The summed E-state index contributed by atoms with van der Waals surface area (Å²) in [6.45, 7) is 2.96. The van der Waals surface area contributed by atoms with Gasteiger partial charge in [-0.2, -0.15) is 8.78 Å². The Hall–Kier alpha value is -2.67. The summed E-state index contributed by atoms with van der Waals surface area (Å²) in [5.74, 6) is -5.56. The highest BCUT2D eigenvalue weighted by atomic mass is 35.5. The van der Waals surface area contributed by atoms with E-state index in [1.165, 1.54) is 32.0 Å². The normalized spacial score (nSPS) is 13.6. The number of nitrogens with one attached hydrogen (secondary N) is 1. The molecule has 1 unspecified atom stereocenters. The lowest BCUT2D eigenvalue weighted by Gasteiger charge is -2.30. The number of alkyl carbamates (subject to hydrolysis) is 1. The van der Waals surface area contributed by atoms with Gasteiger partial charge in [-0.25, -0.2) is 9.59 Å². The highest BCUT2D eigenvalue weighted by Gasteiger charge is 2.46. The molecule has 0 radical (unpaired) electrons. The van der Waals surface area contributed by atoms with Crippen molar-refractivity contribution >= 4 is 23.7 Å². The highest BCUT2D eigenvalue weighted by molar-refractivity contribution is 6.30. The smallest absolute Gasteiger partial charge is 0.408 e. The fourth-order valence-corrected chi connectivity index (χ4v) is 3.02. The molecule has 1 amide bonds. The number of carbonyl (C=O) groups is 2. The fraction of sp³-hybridized carbons (Fsp3) is 0.333. The van der Waals surface area contributed by atoms with Crippen LogP contribution in [0.4, 0.5) is 13.6 Å². The monoisotopic (exact) mass is 425 g/mol. The zero-order valence-corrected chi connectivity index (χ0v) is 16.7. The average Bonchev–Trinajstić information content (AvgIpc) is 2.66. The van der Waals surface area contributed by atoms with Gasteiger partial charge in [0.05, 0.1) is 0 Å². The van der Waals surface area contributed by atoms with E-state index in [9.17, 15) is 23.5 Å². The number of benzene rings is 2. The molecular weight excluding hydrogens is 404 g/mol. The summed E-state index contributed by atoms with van der Waals surface area (Å²) < 4.78 is 34.9. The Bertz CT molecular complexity index is 846. The molecule has 0 bridgehead atoms. The number of carboxylic acids is 1. The summed E-state index contributed by atoms with van der Waals surface area (Å²) in [5, 5.41) is 11.7. The predicted molar refractivity (Wildman–Crippen MR) is 105 cm³/mol. The van der Waals surface area contributed by atoms with Crippen LogP contribution in [0.3, 0.4) is 0 Å². The lowest BCUT2D eigenvalue weighted by molar-refractivity contribution is -0.141. The second kappa shape index (κ2) is 9.69. The van der Waals surface area contributed by atoms with Crippen LogP contribution in [0.25, 0.3) is 0 Å². The van der Waals surface area contributed by atoms with Gasteiger partial charge in [0.1, 0.15) is 6.04 Å². The van der Waals surface area contributed by atoms with Crippen molar-refractivity contribution in [2.75, 3.05) is 0 Å². The van der Waals surface area contributed by atoms with Crippen LogP contribution in [0, 0.1) is 5.92 Å². The molecule has 156 valence electrons. The zero-order chi connectivity index (χ0) is 21.6. The van der Waals surface area contributed by atoms with Gasteiger partial charge in [0, 0.05) is 17.0 Å². The van der Waals surface area contributed by atoms with Crippen molar-refractivity contribution in [3.05, 3.63) is 70.7 Å². The van der Waals surface area contributed by atoms with Gasteiger partial charge in [0.2, 0.25) is 0 Å². The molecule has 0 heterocycles. The molecule has 29 heavy (non-hydrogen) atoms. The van der Waals surface area contributed by atoms with Gasteiger partial charge in [-0.1, -0.05) is 67.9 Å². The van der Waals surface area contributed by atoms with Gasteiger partial charge in [-0.3, -0.25) is 0 Å². The topological polar surface area (TPSA) is 75.6 Å². The minimum atomic E-state index is -3.52. The molecular formula is C21H22ClF2NO4. The van der Waals surface area contributed by atoms with E-state index in [1.54, 1.807) is 30.3 Å². The molecule has 2 rings (SSSR count). The van der Waals surface area contributed by atoms with Crippen LogP contribution in [0.15, 0.2) is 54.6 Å². The maximum atomic E-state index is 15.0. The standard InChI is InChI=1S/C21H22ClF2NO4/c1-13(2)18(21(23,24)15-9-6-10-16(22)12-15)29-20(28)25-17(19(26)27)11-14-7-4-3-5-8-14/h3-10,12-13,17-18H,11H2,1-2H3,(H,25,28)(H,26,27)/t17-,18?/m0/s1. The molecule has 0 aliphatic rings. The number of carbonyl (C=O) groups excluding carboxylic acids is 1. The molecule has 0 saturated heterocycles. The third-order valence-corrected chi connectivity index (χ3v) is 4.51. The van der Waals surface area contributed by atoms with Crippen molar-refractivity contribution in [2.45, 2.75) is 38.3 Å². The Labute approximate surface area is 172 Å². The molecule has 2 atom stereocenters. The van der Waals surface area contributed by atoms with Crippen LogP contribution >= 0.6 is 11.6 Å². The second-order valence-corrected chi connectivity index (χ2v) is 7.36. The number of amides is 1. The van der Waals surface area contributed by atoms with Crippen LogP contribution in [0.5, 0.6) is 0 Å². The van der Waals surface area contributed by atoms with E-state index in [-0.39, 0.29) is 11.4 Å². The molecule has 5 nitrogen and oxygen atoms in total. The summed E-state index contributed by atoms with van der Waals surface area (Å²) in [5.41, 5.74) is 0.278. The van der Waals surface area contributed by atoms with Crippen LogP contribution in [0.1, 0.15) is 25.0 Å². The first kappa shape index (κ1) is 22.6. The van der Waals surface area contributed by atoms with E-state index < -0.39 is 41.6 Å². The first-order valence-corrected chi connectivity index (χ1v) is 9.36. The lowest BCUT2D eigenvalue weighted by Crippen LogP contribution is -2.47. The quantitative estimate of drug-likeness (QED) is 0.632. The Morgan fingerprint density at radius 3 is 2.34 bits per heavy atom. The zero-order valence-electron chi connectivity index (χ0n) is 15.9. The Balaban J connectivity index is 2.14. The SMILES string of the molecule is CC(C)C(OC(=O)N[C@@H](Cc1ccccc1)C(=O)O)C(F)(F)c1cccc(Cl)c1. The number of ether oxygens (including phenoxy) is 1. The predicted octanol–water partition coefficient (Wildman–Crippen LogP) is 4.88. The fourth-order valence-electron chi connectivity index (χ4n) is 2.83. The minimum Gasteiger partial charge on any atom is -0.480 e. The molecule has 2 N–H and O–H groups in total. The molecule has 0 spiro atoms. The number of carboxylic acid groups (broad SMARTS) is 1. The van der Waals surface area contributed by atoms with E-state index in [4.69, 9.17) is 16.3 Å². The van der Waals surface area contributed by atoms with Crippen LogP contribution in [0.2, 0.25) is 5.02 Å². The molecule has 2 aromatic rings. The van der Waals surface area contributed by atoms with Gasteiger partial charge in [-0.05, 0) is 23.6 Å². The Morgan fingerprint density at radius 2 is 1.79 bits per heavy atom. The number of hydrogen-bond donors (Lipinski definition) is 2. The molecule has 0 aliphatic heterocycles. The van der Waals surface area contributed by atoms with Crippen molar-refractivity contribution in [2.24, 2.45) is 5.92 Å². The number of hydrogen-bond acceptors (Lipinski definition) is 3. The Morgan fingerprint density at radius 1 is 1.14 bits per heavy atom. The van der Waals surface area contributed by atoms with Gasteiger partial charge in [-0.15, -0.1) is 0 Å². The van der Waals surface area contributed by atoms with Gasteiger partial charge in [0.25, 0.3) is 0 Å². The van der Waals surface area contributed by atoms with E-state index in [2.05, 4.69) is 5.32 Å². The average molecular weight is 426 g/mol. The van der Waals surface area contributed by atoms with Gasteiger partial charge in [0.15, 0.2) is 6.10 Å². The van der Waals surface area contributed by atoms with Crippen molar-refractivity contribution in [1.82, 2.24) is 5.32 Å². The Kier molecular flexibility index (Phi) is 7.56. The third-order valence-electron chi connectivity index (χ3n) is 4.28. The molecule has 0 saturated carbocycles. The van der Waals surface area contributed by atoms with Crippen molar-refractivity contribution in [3.63, 3.8) is 0 Å². The second-order valence-electron chi connectivity index (χ2n) is 6.93. The molecule has 2 aromatic carbocycles. The maximum Gasteiger partial charge on any atom is 0.408 e. The molecule has 8 heteroatoms. The number of aliphatic carboxylic acids is 1. The summed E-state index contributed by atoms with van der Waals surface area (Å²) in [4.78, 5) is 23.7. The number of rotatable bonds is 8. The van der Waals surface area contributed by atoms with E-state index in [1.807, 2.05) is 0 Å². The van der Waals surface area contributed by atoms with E-state index in [0.717, 1.165) is 6.07 Å². The molecule has 0 aliphatic carbocycles.